The molecule has 0 aromatic rings. The van der Waals surface area contributed by atoms with Crippen molar-refractivity contribution < 1.29 is 39.4 Å². The first-order valence-electron chi connectivity index (χ1n) is 12.0. The summed E-state index contributed by atoms with van der Waals surface area (Å²) >= 11 is 0. The molecule has 14 nitrogen and oxygen atoms in total. The topological polar surface area (TPSA) is 175 Å². The number of hydrogen-bond donors (Lipinski definition) is 5. The molecule has 36 heavy (non-hydrogen) atoms. The van der Waals surface area contributed by atoms with Gasteiger partial charge in [0.05, 0.1) is 12.1 Å². The lowest BCUT2D eigenvalue weighted by atomic mass is 9.82. The van der Waals surface area contributed by atoms with Crippen molar-refractivity contribution in [3.8, 4) is 0 Å². The third-order valence-corrected chi connectivity index (χ3v) is 7.09. The number of carbonyl (C=O) groups is 4. The Bertz CT molecular complexity index is 902. The van der Waals surface area contributed by atoms with E-state index in [0.717, 1.165) is 4.90 Å². The van der Waals surface area contributed by atoms with Gasteiger partial charge in [-0.05, 0) is 40.0 Å². The second-order valence-electron chi connectivity index (χ2n) is 11.6. The molecule has 0 aromatic heterocycles. The zero-order valence-corrected chi connectivity index (χ0v) is 21.6. The molecular weight excluding hydrogens is 476 g/mol. The van der Waals surface area contributed by atoms with Crippen molar-refractivity contribution in [1.29, 1.82) is 0 Å². The maximum Gasteiger partial charge on any atom is 0.410 e. The van der Waals surface area contributed by atoms with E-state index in [0.29, 0.717) is 30.9 Å². The molecule has 2 bridgehead atoms. The second-order valence-corrected chi connectivity index (χ2v) is 11.6. The molecular formula is C22H38N6O8. The van der Waals surface area contributed by atoms with Gasteiger partial charge in [-0.2, -0.15) is 0 Å². The molecule has 3 heterocycles. The third-order valence-electron chi connectivity index (χ3n) is 7.09. The summed E-state index contributed by atoms with van der Waals surface area (Å²) in [4.78, 5) is 59.2. The standard InChI is InChI=1S/C22H38N6O8/c1-20(2,3)22(23-17(30)31,28(19(33)34)21(4,5)6)25-10-9-14(12-25)36-24-16(29)15-8-7-13-11-26(15)18(32)27(13)35/h13-15,23,35H,7-12H2,1-6H3,(H,24,29)(H,30,31)(H,33,34)/t13-,14+,15+,22?/m1/s1. The lowest BCUT2D eigenvalue weighted by molar-refractivity contribution is -0.161. The van der Waals surface area contributed by atoms with E-state index >= 15 is 0 Å². The number of rotatable bonds is 6. The summed E-state index contributed by atoms with van der Waals surface area (Å²) in [5.41, 5.74) is 0.555. The molecule has 0 radical (unpaired) electrons. The smallest absolute Gasteiger partial charge is 0.410 e. The summed E-state index contributed by atoms with van der Waals surface area (Å²) in [6.45, 7) is 11.0. The molecule has 0 spiro atoms. The number of fused-ring (bicyclic) bond motifs is 2. The van der Waals surface area contributed by atoms with Crippen LogP contribution in [0.1, 0.15) is 60.8 Å². The predicted octanol–water partition coefficient (Wildman–Crippen LogP) is 1.51. The van der Waals surface area contributed by atoms with E-state index in [1.165, 1.54) is 4.90 Å². The van der Waals surface area contributed by atoms with Crippen LogP contribution >= 0.6 is 0 Å². The number of piperidine rings is 1. The van der Waals surface area contributed by atoms with Gasteiger partial charge >= 0.3 is 18.2 Å². The third kappa shape index (κ3) is 4.89. The fourth-order valence-corrected chi connectivity index (χ4v) is 5.58. The zero-order valence-electron chi connectivity index (χ0n) is 21.6. The minimum atomic E-state index is -1.64. The van der Waals surface area contributed by atoms with E-state index < -0.39 is 53.0 Å². The number of nitrogens with zero attached hydrogens (tertiary/aromatic N) is 4. The lowest BCUT2D eigenvalue weighted by Gasteiger charge is -2.58. The highest BCUT2D eigenvalue weighted by Gasteiger charge is 2.59. The lowest BCUT2D eigenvalue weighted by Crippen LogP contribution is -2.79. The fourth-order valence-electron chi connectivity index (χ4n) is 5.58. The first-order valence-corrected chi connectivity index (χ1v) is 12.0. The van der Waals surface area contributed by atoms with Gasteiger partial charge in [-0.25, -0.2) is 24.9 Å². The number of amides is 5. The number of likely N-dealkylation sites (tertiary alicyclic amines) is 1. The van der Waals surface area contributed by atoms with Crippen molar-refractivity contribution in [1.82, 2.24) is 30.6 Å². The Balaban J connectivity index is 1.77. The summed E-state index contributed by atoms with van der Waals surface area (Å²) in [6.07, 6.45) is -1.94. The first-order chi connectivity index (χ1) is 16.5. The van der Waals surface area contributed by atoms with Gasteiger partial charge in [-0.15, -0.1) is 0 Å². The summed E-state index contributed by atoms with van der Waals surface area (Å²) in [7, 11) is 0. The molecule has 0 saturated carbocycles. The van der Waals surface area contributed by atoms with Gasteiger partial charge in [0.2, 0.25) is 0 Å². The Kier molecular flexibility index (Phi) is 7.37. The average molecular weight is 515 g/mol. The van der Waals surface area contributed by atoms with Gasteiger partial charge in [0, 0.05) is 30.6 Å². The SMILES string of the molecule is CC(C)(C)N(C(=O)O)C(NC(=O)O)(N1CC[C@H](ONC(=O)[C@@H]2CC[C@@H]3CN2C(=O)N3O)C1)C(C)(C)C. The van der Waals surface area contributed by atoms with Crippen LogP contribution in [0.15, 0.2) is 0 Å². The van der Waals surface area contributed by atoms with Crippen LogP contribution in [-0.4, -0.2) is 108 Å². The van der Waals surface area contributed by atoms with Crippen molar-refractivity contribution in [3.63, 3.8) is 0 Å². The largest absolute Gasteiger partial charge is 0.465 e. The van der Waals surface area contributed by atoms with Gasteiger partial charge in [0.25, 0.3) is 5.91 Å². The maximum atomic E-state index is 12.8. The van der Waals surface area contributed by atoms with Crippen molar-refractivity contribution in [3.05, 3.63) is 0 Å². The minimum absolute atomic E-state index is 0.136. The molecule has 14 heteroatoms. The molecule has 204 valence electrons. The summed E-state index contributed by atoms with van der Waals surface area (Å²) < 4.78 is 0. The highest BCUT2D eigenvalue weighted by molar-refractivity contribution is 5.87. The molecule has 5 amide bonds. The van der Waals surface area contributed by atoms with E-state index in [4.69, 9.17) is 4.84 Å². The van der Waals surface area contributed by atoms with Crippen molar-refractivity contribution in [2.24, 2.45) is 5.41 Å². The van der Waals surface area contributed by atoms with Crippen LogP contribution < -0.4 is 10.8 Å². The van der Waals surface area contributed by atoms with Crippen molar-refractivity contribution in [2.75, 3.05) is 19.6 Å². The highest BCUT2D eigenvalue weighted by Crippen LogP contribution is 2.42. The number of hydrogen-bond acceptors (Lipinski definition) is 7. The Hall–Kier alpha value is -2.84. The Morgan fingerprint density at radius 2 is 1.67 bits per heavy atom. The molecule has 4 atom stereocenters. The van der Waals surface area contributed by atoms with Crippen LogP contribution in [0.5, 0.6) is 0 Å². The molecule has 5 N–H and O–H groups in total. The van der Waals surface area contributed by atoms with E-state index in [2.05, 4.69) is 10.8 Å². The zero-order chi connectivity index (χ0) is 27.2. The number of hydroxylamine groups is 3. The van der Waals surface area contributed by atoms with Crippen LogP contribution in [0.3, 0.4) is 0 Å². The van der Waals surface area contributed by atoms with Crippen LogP contribution in [-0.2, 0) is 9.63 Å². The van der Waals surface area contributed by atoms with Gasteiger partial charge in [-0.1, -0.05) is 20.8 Å². The number of nitrogens with one attached hydrogen (secondary N) is 2. The number of carbonyl (C=O) groups excluding carboxylic acids is 2. The summed E-state index contributed by atoms with van der Waals surface area (Å²) in [5, 5.41) is 32.9. The maximum absolute atomic E-state index is 12.8. The van der Waals surface area contributed by atoms with Crippen LogP contribution in [0.2, 0.25) is 0 Å². The van der Waals surface area contributed by atoms with Crippen molar-refractivity contribution >= 4 is 24.1 Å². The number of carboxylic acid groups (broad SMARTS) is 2. The average Bonchev–Trinajstić information content (AvgIpc) is 3.29. The van der Waals surface area contributed by atoms with Gasteiger partial charge < -0.3 is 15.1 Å². The van der Waals surface area contributed by atoms with Crippen LogP contribution in [0, 0.1) is 5.41 Å². The van der Waals surface area contributed by atoms with E-state index in [9.17, 15) is 34.6 Å². The normalized spacial score (nSPS) is 26.5. The molecule has 0 aliphatic carbocycles. The summed E-state index contributed by atoms with van der Waals surface area (Å²) in [5.74, 6) is -2.15. The minimum Gasteiger partial charge on any atom is -0.465 e. The van der Waals surface area contributed by atoms with Crippen LogP contribution in [0.4, 0.5) is 14.4 Å². The van der Waals surface area contributed by atoms with E-state index in [-0.39, 0.29) is 19.1 Å². The highest BCUT2D eigenvalue weighted by atomic mass is 16.7. The quantitative estimate of drug-likeness (QED) is 0.200. The number of urea groups is 1. The Labute approximate surface area is 210 Å². The van der Waals surface area contributed by atoms with Gasteiger partial charge in [-0.3, -0.25) is 30.0 Å². The monoisotopic (exact) mass is 514 g/mol. The van der Waals surface area contributed by atoms with Gasteiger partial charge in [0.1, 0.15) is 6.04 Å². The molecule has 0 aromatic carbocycles. The Morgan fingerprint density at radius 3 is 2.19 bits per heavy atom. The second kappa shape index (κ2) is 9.56. The molecule has 3 saturated heterocycles. The van der Waals surface area contributed by atoms with Crippen molar-refractivity contribution in [2.45, 2.75) is 90.3 Å². The first kappa shape index (κ1) is 27.7. The predicted molar refractivity (Wildman–Crippen MR) is 125 cm³/mol. The molecule has 3 fully saturated rings. The Morgan fingerprint density at radius 1 is 1.03 bits per heavy atom. The molecule has 3 aliphatic heterocycles. The fraction of sp³-hybridized carbons (Fsp3) is 0.818. The van der Waals surface area contributed by atoms with E-state index in [1.54, 1.807) is 46.4 Å². The molecule has 1 unspecified atom stereocenters. The van der Waals surface area contributed by atoms with E-state index in [1.807, 2.05) is 0 Å². The van der Waals surface area contributed by atoms with Gasteiger partial charge in [0.15, 0.2) is 5.79 Å². The molecule has 3 rings (SSSR count). The van der Waals surface area contributed by atoms with Crippen LogP contribution in [0.25, 0.3) is 0 Å². The molecule has 3 aliphatic rings. The summed E-state index contributed by atoms with van der Waals surface area (Å²) in [6, 6.07) is -1.71.